The average molecular weight is 405 g/mol. The van der Waals surface area contributed by atoms with Gasteiger partial charge in [0.1, 0.15) is 0 Å². The van der Waals surface area contributed by atoms with E-state index in [9.17, 15) is 22.8 Å². The summed E-state index contributed by atoms with van der Waals surface area (Å²) < 4.78 is 37.9. The van der Waals surface area contributed by atoms with Gasteiger partial charge < -0.3 is 10.2 Å². The van der Waals surface area contributed by atoms with Gasteiger partial charge in [-0.1, -0.05) is 12.1 Å². The van der Waals surface area contributed by atoms with E-state index in [0.717, 1.165) is 17.7 Å². The molecular formula is C21H22F3N3O2. The molecule has 0 aromatic heterocycles. The van der Waals surface area contributed by atoms with Gasteiger partial charge in [-0.15, -0.1) is 0 Å². The third-order valence-corrected chi connectivity index (χ3v) is 4.80. The van der Waals surface area contributed by atoms with Crippen LogP contribution in [0.1, 0.15) is 28.4 Å². The highest BCUT2D eigenvalue weighted by atomic mass is 19.4. The quantitative estimate of drug-likeness (QED) is 0.845. The van der Waals surface area contributed by atoms with Crippen molar-refractivity contribution in [3.8, 4) is 0 Å². The van der Waals surface area contributed by atoms with Gasteiger partial charge in [0.2, 0.25) is 5.91 Å². The zero-order valence-corrected chi connectivity index (χ0v) is 16.0. The molecule has 0 atom stereocenters. The molecule has 8 heteroatoms. The number of rotatable bonds is 4. The molecule has 1 N–H and O–H groups in total. The Hall–Kier alpha value is -2.87. The monoisotopic (exact) mass is 405 g/mol. The number of nitrogens with zero attached hydrogens (tertiary/aromatic N) is 2. The van der Waals surface area contributed by atoms with Crippen LogP contribution in [0.5, 0.6) is 0 Å². The van der Waals surface area contributed by atoms with E-state index in [0.29, 0.717) is 44.0 Å². The predicted octanol–water partition coefficient (Wildman–Crippen LogP) is 3.62. The Morgan fingerprint density at radius 1 is 0.931 bits per heavy atom. The highest BCUT2D eigenvalue weighted by molar-refractivity contribution is 5.95. The van der Waals surface area contributed by atoms with Crippen LogP contribution in [0, 0.1) is 0 Å². The van der Waals surface area contributed by atoms with Crippen molar-refractivity contribution in [1.29, 1.82) is 0 Å². The second kappa shape index (κ2) is 8.65. The molecule has 1 heterocycles. The highest BCUT2D eigenvalue weighted by Gasteiger charge is 2.30. The van der Waals surface area contributed by atoms with Crippen molar-refractivity contribution in [2.24, 2.45) is 0 Å². The van der Waals surface area contributed by atoms with Crippen LogP contribution in [0.2, 0.25) is 0 Å². The molecule has 2 aromatic carbocycles. The lowest BCUT2D eigenvalue weighted by Gasteiger charge is -2.34. The molecule has 2 aromatic rings. The van der Waals surface area contributed by atoms with E-state index in [1.807, 2.05) is 0 Å². The normalized spacial score (nSPS) is 15.2. The summed E-state index contributed by atoms with van der Waals surface area (Å²) >= 11 is 0. The van der Waals surface area contributed by atoms with Gasteiger partial charge in [-0.2, -0.15) is 13.2 Å². The molecule has 0 saturated carbocycles. The van der Waals surface area contributed by atoms with Crippen molar-refractivity contribution in [2.45, 2.75) is 19.6 Å². The summed E-state index contributed by atoms with van der Waals surface area (Å²) in [4.78, 5) is 27.6. The van der Waals surface area contributed by atoms with E-state index in [2.05, 4.69) is 10.2 Å². The van der Waals surface area contributed by atoms with Gasteiger partial charge in [0.05, 0.1) is 5.56 Å². The number of hydrogen-bond donors (Lipinski definition) is 1. The first kappa shape index (κ1) is 20.9. The molecule has 29 heavy (non-hydrogen) atoms. The van der Waals surface area contributed by atoms with Gasteiger partial charge in [-0.25, -0.2) is 0 Å². The molecule has 0 bridgehead atoms. The van der Waals surface area contributed by atoms with Crippen LogP contribution in [0.15, 0.2) is 48.5 Å². The maximum atomic E-state index is 12.6. The van der Waals surface area contributed by atoms with E-state index < -0.39 is 11.7 Å². The number of benzene rings is 2. The summed E-state index contributed by atoms with van der Waals surface area (Å²) in [6.07, 6.45) is -4.33. The second-order valence-electron chi connectivity index (χ2n) is 7.02. The summed E-state index contributed by atoms with van der Waals surface area (Å²) in [6.45, 7) is 4.36. The van der Waals surface area contributed by atoms with E-state index >= 15 is 0 Å². The van der Waals surface area contributed by atoms with E-state index in [4.69, 9.17) is 0 Å². The Kier molecular flexibility index (Phi) is 6.22. The van der Waals surface area contributed by atoms with Gasteiger partial charge >= 0.3 is 6.18 Å². The van der Waals surface area contributed by atoms with Crippen molar-refractivity contribution in [2.75, 3.05) is 31.5 Å². The van der Waals surface area contributed by atoms with Crippen molar-refractivity contribution in [3.63, 3.8) is 0 Å². The fourth-order valence-electron chi connectivity index (χ4n) is 3.25. The fourth-order valence-corrected chi connectivity index (χ4v) is 3.25. The van der Waals surface area contributed by atoms with Gasteiger partial charge in [-0.3, -0.25) is 14.5 Å². The summed E-state index contributed by atoms with van der Waals surface area (Å²) in [5, 5.41) is 2.66. The Bertz CT molecular complexity index is 856. The molecule has 0 spiro atoms. The first-order valence-electron chi connectivity index (χ1n) is 9.28. The molecule has 0 unspecified atom stereocenters. The third-order valence-electron chi connectivity index (χ3n) is 4.80. The van der Waals surface area contributed by atoms with Crippen LogP contribution >= 0.6 is 0 Å². The van der Waals surface area contributed by atoms with E-state index in [1.54, 1.807) is 29.2 Å². The molecular weight excluding hydrogens is 383 g/mol. The van der Waals surface area contributed by atoms with Crippen molar-refractivity contribution < 1.29 is 22.8 Å². The lowest BCUT2D eigenvalue weighted by molar-refractivity contribution is -0.137. The largest absolute Gasteiger partial charge is 0.416 e. The number of amides is 2. The Morgan fingerprint density at radius 2 is 1.52 bits per heavy atom. The van der Waals surface area contributed by atoms with Gasteiger partial charge in [-0.05, 0) is 42.0 Å². The topological polar surface area (TPSA) is 52.7 Å². The molecule has 0 radical (unpaired) electrons. The SMILES string of the molecule is CC(=O)Nc1ccc(C(=O)N2CCN(Cc3ccc(C(F)(F)F)cc3)CC2)cc1. The highest BCUT2D eigenvalue weighted by Crippen LogP contribution is 2.29. The summed E-state index contributed by atoms with van der Waals surface area (Å²) in [5.74, 6) is -0.248. The Balaban J connectivity index is 1.52. The molecule has 154 valence electrons. The summed E-state index contributed by atoms with van der Waals surface area (Å²) in [6, 6.07) is 11.9. The Labute approximate surface area is 167 Å². The van der Waals surface area contributed by atoms with Crippen molar-refractivity contribution in [3.05, 3.63) is 65.2 Å². The van der Waals surface area contributed by atoms with Crippen LogP contribution in [0.4, 0.5) is 18.9 Å². The third kappa shape index (κ3) is 5.57. The number of anilines is 1. The van der Waals surface area contributed by atoms with Crippen LogP contribution in [-0.4, -0.2) is 47.8 Å². The molecule has 1 aliphatic heterocycles. The van der Waals surface area contributed by atoms with Gasteiger partial charge in [0.25, 0.3) is 5.91 Å². The molecule has 2 amide bonds. The first-order chi connectivity index (χ1) is 13.7. The number of nitrogens with one attached hydrogen (secondary N) is 1. The van der Waals surface area contributed by atoms with Gasteiger partial charge in [0.15, 0.2) is 0 Å². The zero-order chi connectivity index (χ0) is 21.0. The molecule has 1 saturated heterocycles. The molecule has 1 aliphatic rings. The van der Waals surface area contributed by atoms with Crippen LogP contribution in [-0.2, 0) is 17.5 Å². The predicted molar refractivity (Wildman–Crippen MR) is 103 cm³/mol. The number of alkyl halides is 3. The average Bonchev–Trinajstić information content (AvgIpc) is 2.68. The fraction of sp³-hybridized carbons (Fsp3) is 0.333. The van der Waals surface area contributed by atoms with E-state index in [1.165, 1.54) is 19.1 Å². The van der Waals surface area contributed by atoms with Crippen LogP contribution in [0.25, 0.3) is 0 Å². The number of carbonyl (C=O) groups is 2. The molecule has 0 aliphatic carbocycles. The lowest BCUT2D eigenvalue weighted by Crippen LogP contribution is -2.48. The van der Waals surface area contributed by atoms with Crippen molar-refractivity contribution >= 4 is 17.5 Å². The number of hydrogen-bond acceptors (Lipinski definition) is 3. The minimum absolute atomic E-state index is 0.0754. The summed E-state index contributed by atoms with van der Waals surface area (Å²) in [7, 11) is 0. The number of piperazine rings is 1. The maximum Gasteiger partial charge on any atom is 0.416 e. The standard InChI is InChI=1S/C21H22F3N3O2/c1-15(28)25-19-8-4-17(5-9-19)20(29)27-12-10-26(11-13-27)14-16-2-6-18(7-3-16)21(22,23)24/h2-9H,10-14H2,1H3,(H,25,28). The van der Waals surface area contributed by atoms with Crippen LogP contribution in [0.3, 0.4) is 0 Å². The molecule has 3 rings (SSSR count). The second-order valence-corrected chi connectivity index (χ2v) is 7.02. The Morgan fingerprint density at radius 3 is 2.03 bits per heavy atom. The number of carbonyl (C=O) groups excluding carboxylic acids is 2. The smallest absolute Gasteiger partial charge is 0.336 e. The van der Waals surface area contributed by atoms with Crippen molar-refractivity contribution in [1.82, 2.24) is 9.80 Å². The van der Waals surface area contributed by atoms with Gasteiger partial charge in [0, 0.05) is 50.9 Å². The maximum absolute atomic E-state index is 12.6. The lowest BCUT2D eigenvalue weighted by atomic mass is 10.1. The zero-order valence-electron chi connectivity index (χ0n) is 16.0. The molecule has 5 nitrogen and oxygen atoms in total. The first-order valence-corrected chi connectivity index (χ1v) is 9.28. The summed E-state index contributed by atoms with van der Waals surface area (Å²) in [5.41, 5.74) is 1.35. The minimum Gasteiger partial charge on any atom is -0.336 e. The number of halogens is 3. The van der Waals surface area contributed by atoms with Crippen LogP contribution < -0.4 is 5.32 Å². The minimum atomic E-state index is -4.33. The molecule has 1 fully saturated rings. The van der Waals surface area contributed by atoms with E-state index in [-0.39, 0.29) is 11.8 Å².